The zero-order valence-electron chi connectivity index (χ0n) is 8.87. The molecule has 0 fully saturated rings. The molecule has 1 rings (SSSR count). The molecular weight excluding hydrogens is 176 g/mol. The van der Waals surface area contributed by atoms with Crippen LogP contribution >= 0.6 is 0 Å². The predicted octanol–water partition coefficient (Wildman–Crippen LogP) is 1.84. The summed E-state index contributed by atoms with van der Waals surface area (Å²) in [7, 11) is 0. The molecule has 0 spiro atoms. The maximum atomic E-state index is 5.86. The molecule has 77 valence electrons. The molecule has 1 atom stereocenters. The van der Waals surface area contributed by atoms with Gasteiger partial charge in [0.1, 0.15) is 6.23 Å². The van der Waals surface area contributed by atoms with E-state index in [-0.39, 0.29) is 5.60 Å². The summed E-state index contributed by atoms with van der Waals surface area (Å²) in [6.07, 6.45) is -0.493. The van der Waals surface area contributed by atoms with Crippen molar-refractivity contribution < 1.29 is 4.74 Å². The summed E-state index contributed by atoms with van der Waals surface area (Å²) in [4.78, 5) is 0. The van der Waals surface area contributed by atoms with E-state index >= 15 is 0 Å². The average Bonchev–Trinajstić information content (AvgIpc) is 2.01. The highest BCUT2D eigenvalue weighted by atomic mass is 16.5. The monoisotopic (exact) mass is 193 g/mol. The fraction of sp³-hybridized carbons (Fsp3) is 0.455. The van der Waals surface area contributed by atoms with Crippen LogP contribution in [0, 0.1) is 6.07 Å². The van der Waals surface area contributed by atoms with E-state index in [1.165, 1.54) is 0 Å². The fourth-order valence-electron chi connectivity index (χ4n) is 1.16. The molecule has 0 saturated heterocycles. The zero-order chi connectivity index (χ0) is 10.8. The van der Waals surface area contributed by atoms with Crippen LogP contribution in [0.15, 0.2) is 18.2 Å². The quantitative estimate of drug-likeness (QED) is 0.556. The van der Waals surface area contributed by atoms with Crippen LogP contribution in [0.4, 0.5) is 5.69 Å². The third kappa shape index (κ3) is 3.01. The summed E-state index contributed by atoms with van der Waals surface area (Å²) in [6.45, 7) is 5.86. The van der Waals surface area contributed by atoms with Crippen LogP contribution in [-0.2, 0) is 4.74 Å². The van der Waals surface area contributed by atoms with E-state index in [0.717, 1.165) is 5.56 Å². The number of hydrogen-bond acceptors (Lipinski definition) is 3. The van der Waals surface area contributed by atoms with Gasteiger partial charge in [-0.15, -0.1) is 0 Å². The number of rotatable bonds is 2. The van der Waals surface area contributed by atoms with Crippen LogP contribution in [0.2, 0.25) is 0 Å². The standard InChI is InChI=1S/C11H17N2O/c1-11(2,3)14-10(13)8-6-4-5-7-9(8)12/h4-6,10H,12-13H2,1-3H3. The van der Waals surface area contributed by atoms with Gasteiger partial charge in [-0.1, -0.05) is 18.2 Å². The van der Waals surface area contributed by atoms with Gasteiger partial charge in [-0.05, 0) is 20.8 Å². The molecule has 0 heterocycles. The van der Waals surface area contributed by atoms with Gasteiger partial charge in [-0.3, -0.25) is 0 Å². The number of hydrogen-bond donors (Lipinski definition) is 2. The highest BCUT2D eigenvalue weighted by molar-refractivity contribution is 5.46. The first-order valence-corrected chi connectivity index (χ1v) is 4.59. The van der Waals surface area contributed by atoms with Crippen LogP contribution in [0.5, 0.6) is 0 Å². The molecule has 3 heteroatoms. The van der Waals surface area contributed by atoms with Gasteiger partial charge < -0.3 is 16.2 Å². The van der Waals surface area contributed by atoms with Crippen molar-refractivity contribution in [2.24, 2.45) is 5.73 Å². The summed E-state index contributed by atoms with van der Waals surface area (Å²) < 4.78 is 5.58. The van der Waals surface area contributed by atoms with Gasteiger partial charge >= 0.3 is 0 Å². The highest BCUT2D eigenvalue weighted by Gasteiger charge is 2.18. The first-order valence-electron chi connectivity index (χ1n) is 4.59. The first kappa shape index (κ1) is 11.0. The van der Waals surface area contributed by atoms with Gasteiger partial charge in [0.25, 0.3) is 0 Å². The van der Waals surface area contributed by atoms with E-state index in [9.17, 15) is 0 Å². The van der Waals surface area contributed by atoms with Crippen LogP contribution in [0.25, 0.3) is 0 Å². The molecule has 0 bridgehead atoms. The molecule has 1 aromatic carbocycles. The van der Waals surface area contributed by atoms with Crippen LogP contribution in [0.1, 0.15) is 32.6 Å². The van der Waals surface area contributed by atoms with Gasteiger partial charge in [0.15, 0.2) is 0 Å². The van der Waals surface area contributed by atoms with Crippen molar-refractivity contribution in [1.82, 2.24) is 0 Å². The number of para-hydroxylation sites is 1. The topological polar surface area (TPSA) is 61.3 Å². The average molecular weight is 193 g/mol. The van der Waals surface area contributed by atoms with Gasteiger partial charge in [-0.2, -0.15) is 0 Å². The minimum atomic E-state index is -0.493. The fourth-order valence-corrected chi connectivity index (χ4v) is 1.16. The lowest BCUT2D eigenvalue weighted by Crippen LogP contribution is -2.27. The highest BCUT2D eigenvalue weighted by Crippen LogP contribution is 2.23. The van der Waals surface area contributed by atoms with Gasteiger partial charge in [-0.25, -0.2) is 0 Å². The molecule has 0 saturated carbocycles. The van der Waals surface area contributed by atoms with E-state index in [2.05, 4.69) is 6.07 Å². The number of nitrogens with two attached hydrogens (primary N) is 2. The van der Waals surface area contributed by atoms with Gasteiger partial charge in [0.05, 0.1) is 5.60 Å². The smallest absolute Gasteiger partial charge is 0.134 e. The van der Waals surface area contributed by atoms with E-state index in [0.29, 0.717) is 5.69 Å². The number of nitrogen functional groups attached to an aromatic ring is 1. The minimum Gasteiger partial charge on any atom is -0.398 e. The lowest BCUT2D eigenvalue weighted by atomic mass is 10.1. The second kappa shape index (κ2) is 3.98. The molecule has 0 aliphatic rings. The normalized spacial score (nSPS) is 14.0. The minimum absolute atomic E-state index is 0.276. The largest absolute Gasteiger partial charge is 0.398 e. The second-order valence-corrected chi connectivity index (χ2v) is 4.19. The molecule has 0 amide bonds. The molecule has 3 nitrogen and oxygen atoms in total. The molecule has 0 aromatic heterocycles. The van der Waals surface area contributed by atoms with E-state index in [4.69, 9.17) is 16.2 Å². The molecular formula is C11H17N2O. The Hall–Kier alpha value is -1.06. The van der Waals surface area contributed by atoms with Gasteiger partial charge in [0, 0.05) is 17.3 Å². The third-order valence-corrected chi connectivity index (χ3v) is 1.71. The van der Waals surface area contributed by atoms with Crippen molar-refractivity contribution in [2.45, 2.75) is 32.6 Å². The molecule has 1 unspecified atom stereocenters. The van der Waals surface area contributed by atoms with Crippen molar-refractivity contribution in [3.05, 3.63) is 29.8 Å². The van der Waals surface area contributed by atoms with E-state index in [1.807, 2.05) is 32.9 Å². The maximum Gasteiger partial charge on any atom is 0.134 e. The Morgan fingerprint density at radius 2 is 2.07 bits per heavy atom. The number of anilines is 1. The van der Waals surface area contributed by atoms with Crippen molar-refractivity contribution >= 4 is 5.69 Å². The Balaban J connectivity index is 2.80. The molecule has 4 N–H and O–H groups in total. The Kier molecular flexibility index (Phi) is 3.13. The molecule has 1 radical (unpaired) electrons. The van der Waals surface area contributed by atoms with E-state index in [1.54, 1.807) is 6.07 Å². The van der Waals surface area contributed by atoms with Crippen LogP contribution < -0.4 is 11.5 Å². The summed E-state index contributed by atoms with van der Waals surface area (Å²) in [6, 6.07) is 8.33. The number of ether oxygens (including phenoxy) is 1. The van der Waals surface area contributed by atoms with E-state index < -0.39 is 6.23 Å². The summed E-state index contributed by atoms with van der Waals surface area (Å²) in [5.74, 6) is 0. The second-order valence-electron chi connectivity index (χ2n) is 4.19. The summed E-state index contributed by atoms with van der Waals surface area (Å²) in [5.41, 5.74) is 12.6. The molecule has 0 aliphatic carbocycles. The van der Waals surface area contributed by atoms with Crippen molar-refractivity contribution in [3.8, 4) is 0 Å². The molecule has 1 aromatic rings. The predicted molar refractivity (Wildman–Crippen MR) is 57.5 cm³/mol. The van der Waals surface area contributed by atoms with Crippen molar-refractivity contribution in [1.29, 1.82) is 0 Å². The van der Waals surface area contributed by atoms with Crippen LogP contribution in [0.3, 0.4) is 0 Å². The Morgan fingerprint density at radius 1 is 1.43 bits per heavy atom. The summed E-state index contributed by atoms with van der Waals surface area (Å²) in [5, 5.41) is 0. The van der Waals surface area contributed by atoms with Crippen LogP contribution in [-0.4, -0.2) is 5.60 Å². The summed E-state index contributed by atoms with van der Waals surface area (Å²) >= 11 is 0. The lowest BCUT2D eigenvalue weighted by Gasteiger charge is -2.25. The molecule has 0 aliphatic heterocycles. The van der Waals surface area contributed by atoms with Crippen molar-refractivity contribution in [3.63, 3.8) is 0 Å². The lowest BCUT2D eigenvalue weighted by molar-refractivity contribution is -0.0584. The molecule has 14 heavy (non-hydrogen) atoms. The Labute approximate surface area is 85.0 Å². The zero-order valence-corrected chi connectivity index (χ0v) is 8.87. The Bertz CT molecular complexity index is 304. The number of benzene rings is 1. The SMILES string of the molecule is CC(C)(C)OC(N)c1ccc[c]c1N. The first-order chi connectivity index (χ1) is 6.40. The maximum absolute atomic E-state index is 5.86. The van der Waals surface area contributed by atoms with Crippen molar-refractivity contribution in [2.75, 3.05) is 5.73 Å². The third-order valence-electron chi connectivity index (χ3n) is 1.71. The Morgan fingerprint density at radius 3 is 2.57 bits per heavy atom. The van der Waals surface area contributed by atoms with Gasteiger partial charge in [0.2, 0.25) is 0 Å².